The quantitative estimate of drug-likeness (QED) is 0.536. The Morgan fingerprint density at radius 3 is 2.44 bits per heavy atom. The maximum atomic E-state index is 11.3. The molecule has 0 bridgehead atoms. The van der Waals surface area contributed by atoms with Gasteiger partial charge in [-0.1, -0.05) is 0 Å². The third-order valence-electron chi connectivity index (χ3n) is 2.18. The number of rotatable bonds is 8. The van der Waals surface area contributed by atoms with Crippen LogP contribution >= 0.6 is 11.8 Å². The van der Waals surface area contributed by atoms with Gasteiger partial charge in [0.1, 0.15) is 18.1 Å². The van der Waals surface area contributed by atoms with E-state index in [0.717, 1.165) is 11.5 Å². The predicted octanol–water partition coefficient (Wildman–Crippen LogP) is 2.37. The molecule has 1 aromatic carbocycles. The van der Waals surface area contributed by atoms with Gasteiger partial charge in [0.05, 0.1) is 20.1 Å². The Morgan fingerprint density at radius 2 is 1.83 bits per heavy atom. The minimum absolute atomic E-state index is 0.224. The molecule has 0 aromatic heterocycles. The van der Waals surface area contributed by atoms with E-state index in [9.17, 15) is 4.79 Å². The Hall–Kier alpha value is -1.36. The van der Waals surface area contributed by atoms with Crippen LogP contribution in [0.15, 0.2) is 24.3 Å². The third-order valence-corrected chi connectivity index (χ3v) is 2.76. The third kappa shape index (κ3) is 5.82. The first-order valence-corrected chi connectivity index (χ1v) is 7.07. The minimum Gasteiger partial charge on any atom is -0.497 e. The second-order valence-electron chi connectivity index (χ2n) is 3.49. The highest BCUT2D eigenvalue weighted by atomic mass is 32.2. The van der Waals surface area contributed by atoms with Gasteiger partial charge in [-0.05, 0) is 30.5 Å². The summed E-state index contributed by atoms with van der Waals surface area (Å²) >= 11 is 1.65. The average molecular weight is 270 g/mol. The molecule has 0 saturated heterocycles. The summed E-state index contributed by atoms with van der Waals surface area (Å²) in [7, 11) is 1.61. The van der Waals surface area contributed by atoms with Crippen LogP contribution in [0.3, 0.4) is 0 Å². The molecule has 5 heteroatoms. The number of hydrogen-bond donors (Lipinski definition) is 0. The Morgan fingerprint density at radius 1 is 1.17 bits per heavy atom. The molecule has 0 N–H and O–H groups in total. The van der Waals surface area contributed by atoms with Crippen LogP contribution in [0.2, 0.25) is 0 Å². The standard InChI is InChI=1S/C13H18O4S/c1-15-11-3-5-12(6-4-11)16-8-7-13(14)17-9-10-18-2/h3-6H,7-10H2,1-2H3. The fourth-order valence-corrected chi connectivity index (χ4v) is 1.49. The largest absolute Gasteiger partial charge is 0.497 e. The Kier molecular flexibility index (Phi) is 7.10. The molecular weight excluding hydrogens is 252 g/mol. The van der Waals surface area contributed by atoms with Crippen LogP contribution in [-0.4, -0.2) is 38.3 Å². The van der Waals surface area contributed by atoms with E-state index in [-0.39, 0.29) is 12.4 Å². The van der Waals surface area contributed by atoms with Crippen molar-refractivity contribution in [2.75, 3.05) is 32.3 Å². The highest BCUT2D eigenvalue weighted by Gasteiger charge is 2.03. The van der Waals surface area contributed by atoms with Gasteiger partial charge in [0, 0.05) is 5.75 Å². The summed E-state index contributed by atoms with van der Waals surface area (Å²) < 4.78 is 15.5. The van der Waals surface area contributed by atoms with E-state index in [4.69, 9.17) is 14.2 Å². The van der Waals surface area contributed by atoms with Gasteiger partial charge in [0.2, 0.25) is 0 Å². The van der Waals surface area contributed by atoms with Crippen molar-refractivity contribution < 1.29 is 19.0 Å². The first-order chi connectivity index (χ1) is 8.76. The Labute approximate surface area is 112 Å². The number of methoxy groups -OCH3 is 1. The second kappa shape index (κ2) is 8.69. The predicted molar refractivity (Wildman–Crippen MR) is 72.4 cm³/mol. The van der Waals surface area contributed by atoms with Crippen molar-refractivity contribution >= 4 is 17.7 Å². The van der Waals surface area contributed by atoms with Crippen LogP contribution in [0, 0.1) is 0 Å². The minimum atomic E-state index is -0.224. The molecule has 0 saturated carbocycles. The summed E-state index contributed by atoms with van der Waals surface area (Å²) in [6.45, 7) is 0.785. The van der Waals surface area contributed by atoms with Crippen molar-refractivity contribution in [2.24, 2.45) is 0 Å². The zero-order valence-electron chi connectivity index (χ0n) is 10.7. The van der Waals surface area contributed by atoms with Crippen molar-refractivity contribution in [1.29, 1.82) is 0 Å². The van der Waals surface area contributed by atoms with Crippen LogP contribution < -0.4 is 9.47 Å². The van der Waals surface area contributed by atoms with Crippen LogP contribution in [0.25, 0.3) is 0 Å². The highest BCUT2D eigenvalue weighted by Crippen LogP contribution is 2.16. The molecule has 0 aliphatic heterocycles. The van der Waals surface area contributed by atoms with E-state index in [0.29, 0.717) is 19.0 Å². The molecule has 0 aliphatic carbocycles. The molecule has 1 rings (SSSR count). The van der Waals surface area contributed by atoms with Crippen molar-refractivity contribution in [1.82, 2.24) is 0 Å². The summed E-state index contributed by atoms with van der Waals surface area (Å²) in [6.07, 6.45) is 2.24. The number of benzene rings is 1. The molecule has 1 aromatic rings. The average Bonchev–Trinajstić information content (AvgIpc) is 2.40. The van der Waals surface area contributed by atoms with Gasteiger partial charge in [0.15, 0.2) is 0 Å². The molecule has 0 atom stereocenters. The van der Waals surface area contributed by atoms with Gasteiger partial charge in [-0.15, -0.1) is 0 Å². The van der Waals surface area contributed by atoms with Crippen LogP contribution in [-0.2, 0) is 9.53 Å². The van der Waals surface area contributed by atoms with Crippen molar-refractivity contribution in [3.63, 3.8) is 0 Å². The van der Waals surface area contributed by atoms with E-state index in [1.807, 2.05) is 18.4 Å². The number of hydrogen-bond acceptors (Lipinski definition) is 5. The summed E-state index contributed by atoms with van der Waals surface area (Å²) in [5.41, 5.74) is 0. The SMILES string of the molecule is COc1ccc(OCCC(=O)OCCSC)cc1. The summed E-state index contributed by atoms with van der Waals surface area (Å²) in [6, 6.07) is 7.23. The molecule has 0 unspecified atom stereocenters. The maximum Gasteiger partial charge on any atom is 0.309 e. The number of esters is 1. The molecular formula is C13H18O4S. The molecule has 0 fully saturated rings. The lowest BCUT2D eigenvalue weighted by Gasteiger charge is -2.07. The number of thioether (sulfide) groups is 1. The number of carbonyl (C=O) groups is 1. The monoisotopic (exact) mass is 270 g/mol. The Bertz CT molecular complexity index is 351. The van der Waals surface area contributed by atoms with E-state index >= 15 is 0 Å². The van der Waals surface area contributed by atoms with Gasteiger partial charge in [-0.25, -0.2) is 0 Å². The number of carbonyl (C=O) groups excluding carboxylic acids is 1. The highest BCUT2D eigenvalue weighted by molar-refractivity contribution is 7.98. The first kappa shape index (κ1) is 14.7. The van der Waals surface area contributed by atoms with E-state index in [1.54, 1.807) is 31.0 Å². The van der Waals surface area contributed by atoms with Crippen LogP contribution in [0.4, 0.5) is 0 Å². The van der Waals surface area contributed by atoms with E-state index in [1.165, 1.54) is 0 Å². The van der Waals surface area contributed by atoms with Gasteiger partial charge in [0.25, 0.3) is 0 Å². The van der Waals surface area contributed by atoms with Crippen LogP contribution in [0.5, 0.6) is 11.5 Å². The maximum absolute atomic E-state index is 11.3. The molecule has 18 heavy (non-hydrogen) atoms. The molecule has 4 nitrogen and oxygen atoms in total. The van der Waals surface area contributed by atoms with Gasteiger partial charge >= 0.3 is 5.97 Å². The number of ether oxygens (including phenoxy) is 3. The van der Waals surface area contributed by atoms with Gasteiger partial charge < -0.3 is 14.2 Å². The Balaban J connectivity index is 2.18. The van der Waals surface area contributed by atoms with Gasteiger partial charge in [-0.2, -0.15) is 11.8 Å². The normalized spacial score (nSPS) is 9.89. The molecule has 0 aliphatic rings. The van der Waals surface area contributed by atoms with E-state index < -0.39 is 0 Å². The summed E-state index contributed by atoms with van der Waals surface area (Å²) in [5, 5.41) is 0. The fourth-order valence-electron chi connectivity index (χ4n) is 1.24. The molecule has 0 radical (unpaired) electrons. The zero-order chi connectivity index (χ0) is 13.2. The van der Waals surface area contributed by atoms with Crippen molar-refractivity contribution in [2.45, 2.75) is 6.42 Å². The molecule has 0 spiro atoms. The lowest BCUT2D eigenvalue weighted by molar-refractivity contribution is -0.143. The summed E-state index contributed by atoms with van der Waals surface area (Å²) in [4.78, 5) is 11.3. The lowest BCUT2D eigenvalue weighted by atomic mass is 10.3. The van der Waals surface area contributed by atoms with Crippen LogP contribution in [0.1, 0.15) is 6.42 Å². The van der Waals surface area contributed by atoms with Crippen molar-refractivity contribution in [3.8, 4) is 11.5 Å². The molecule has 0 amide bonds. The van der Waals surface area contributed by atoms with Gasteiger partial charge in [-0.3, -0.25) is 4.79 Å². The topological polar surface area (TPSA) is 44.8 Å². The van der Waals surface area contributed by atoms with E-state index in [2.05, 4.69) is 0 Å². The fraction of sp³-hybridized carbons (Fsp3) is 0.462. The van der Waals surface area contributed by atoms with Crippen molar-refractivity contribution in [3.05, 3.63) is 24.3 Å². The first-order valence-electron chi connectivity index (χ1n) is 5.67. The zero-order valence-corrected chi connectivity index (χ0v) is 11.5. The second-order valence-corrected chi connectivity index (χ2v) is 4.47. The molecule has 0 heterocycles. The smallest absolute Gasteiger partial charge is 0.309 e. The molecule has 100 valence electrons. The summed E-state index contributed by atoms with van der Waals surface area (Å²) in [5.74, 6) is 2.09. The lowest BCUT2D eigenvalue weighted by Crippen LogP contribution is -2.11.